The SMILES string of the molecule is N#Cc1cc(Cc2ccc(NC(=O)Nc3cccc4c3COC(F)(F)O4)cc2Cl)ccn1. The van der Waals surface area contributed by atoms with Gasteiger partial charge in [-0.3, -0.25) is 4.74 Å². The molecule has 2 heterocycles. The number of alkyl halides is 2. The first-order chi connectivity index (χ1) is 15.3. The summed E-state index contributed by atoms with van der Waals surface area (Å²) in [7, 11) is 0. The Morgan fingerprint density at radius 1 is 1.22 bits per heavy atom. The van der Waals surface area contributed by atoms with Crippen LogP contribution in [0.25, 0.3) is 0 Å². The second-order valence-electron chi connectivity index (χ2n) is 6.86. The highest BCUT2D eigenvalue weighted by molar-refractivity contribution is 6.31. The van der Waals surface area contributed by atoms with Crippen molar-refractivity contribution < 1.29 is 23.0 Å². The number of halogens is 3. The summed E-state index contributed by atoms with van der Waals surface area (Å²) in [5.74, 6) is -0.0675. The number of nitrogens with zero attached hydrogens (tertiary/aromatic N) is 2. The molecule has 4 rings (SSSR count). The van der Waals surface area contributed by atoms with Crippen LogP contribution in [0, 0.1) is 11.3 Å². The van der Waals surface area contributed by atoms with Crippen molar-refractivity contribution in [2.45, 2.75) is 19.3 Å². The normalized spacial score (nSPS) is 13.9. The van der Waals surface area contributed by atoms with E-state index < -0.39 is 18.9 Å². The third-order valence-electron chi connectivity index (χ3n) is 4.64. The largest absolute Gasteiger partial charge is 0.535 e. The van der Waals surface area contributed by atoms with Crippen molar-refractivity contribution in [1.82, 2.24) is 4.98 Å². The predicted molar refractivity (Wildman–Crippen MR) is 113 cm³/mol. The Hall–Kier alpha value is -3.74. The maximum Gasteiger partial charge on any atom is 0.535 e. The van der Waals surface area contributed by atoms with Crippen molar-refractivity contribution in [1.29, 1.82) is 5.26 Å². The average Bonchev–Trinajstić information content (AvgIpc) is 2.75. The zero-order valence-corrected chi connectivity index (χ0v) is 17.1. The monoisotopic (exact) mass is 456 g/mol. The Kier molecular flexibility index (Phi) is 5.90. The van der Waals surface area contributed by atoms with Crippen molar-refractivity contribution in [3.8, 4) is 11.8 Å². The number of hydrogen-bond acceptors (Lipinski definition) is 5. The van der Waals surface area contributed by atoms with Gasteiger partial charge in [-0.15, -0.1) is 8.78 Å². The Morgan fingerprint density at radius 2 is 2.06 bits per heavy atom. The minimum absolute atomic E-state index is 0.0675. The van der Waals surface area contributed by atoms with Gasteiger partial charge >= 0.3 is 12.3 Å². The Labute approximate surface area is 186 Å². The van der Waals surface area contributed by atoms with Crippen LogP contribution in [0.1, 0.15) is 22.4 Å². The number of nitriles is 1. The molecule has 3 aromatic rings. The lowest BCUT2D eigenvalue weighted by atomic mass is 10.0. The molecule has 1 aromatic heterocycles. The van der Waals surface area contributed by atoms with Gasteiger partial charge in [0, 0.05) is 22.5 Å². The molecule has 1 aliphatic heterocycles. The van der Waals surface area contributed by atoms with Crippen LogP contribution < -0.4 is 15.4 Å². The summed E-state index contributed by atoms with van der Waals surface area (Å²) < 4.78 is 35.3. The first-order valence-corrected chi connectivity index (χ1v) is 9.75. The summed E-state index contributed by atoms with van der Waals surface area (Å²) in [4.78, 5) is 16.4. The highest BCUT2D eigenvalue weighted by atomic mass is 35.5. The number of nitrogens with one attached hydrogen (secondary N) is 2. The number of carbonyl (C=O) groups excluding carboxylic acids is 1. The van der Waals surface area contributed by atoms with Crippen molar-refractivity contribution >= 4 is 29.0 Å². The van der Waals surface area contributed by atoms with E-state index in [0.717, 1.165) is 11.1 Å². The lowest BCUT2D eigenvalue weighted by Crippen LogP contribution is -2.33. The van der Waals surface area contributed by atoms with Crippen molar-refractivity contribution in [2.75, 3.05) is 10.6 Å². The van der Waals surface area contributed by atoms with Gasteiger partial charge in [0.05, 0.1) is 12.3 Å². The third-order valence-corrected chi connectivity index (χ3v) is 4.99. The minimum atomic E-state index is -3.71. The summed E-state index contributed by atoms with van der Waals surface area (Å²) >= 11 is 6.36. The Balaban J connectivity index is 1.43. The van der Waals surface area contributed by atoms with E-state index in [1.54, 1.807) is 42.6 Å². The summed E-state index contributed by atoms with van der Waals surface area (Å²) in [6.45, 7) is -0.415. The molecule has 0 bridgehead atoms. The maximum atomic E-state index is 13.2. The summed E-state index contributed by atoms with van der Waals surface area (Å²) in [6.07, 6.45) is -1.66. The molecule has 0 atom stereocenters. The molecule has 0 aliphatic carbocycles. The van der Waals surface area contributed by atoms with E-state index in [1.165, 1.54) is 12.1 Å². The number of carbonyl (C=O) groups is 1. The molecule has 32 heavy (non-hydrogen) atoms. The molecule has 7 nitrogen and oxygen atoms in total. The van der Waals surface area contributed by atoms with Gasteiger partial charge < -0.3 is 15.4 Å². The number of fused-ring (bicyclic) bond motifs is 1. The number of rotatable bonds is 4. The molecular weight excluding hydrogens is 442 g/mol. The molecule has 10 heteroatoms. The molecule has 0 saturated heterocycles. The second kappa shape index (κ2) is 8.78. The molecule has 2 amide bonds. The van der Waals surface area contributed by atoms with Gasteiger partial charge in [-0.25, -0.2) is 9.78 Å². The molecule has 0 spiro atoms. The number of benzene rings is 2. The molecule has 2 N–H and O–H groups in total. The van der Waals surface area contributed by atoms with E-state index >= 15 is 0 Å². The lowest BCUT2D eigenvalue weighted by molar-refractivity contribution is -0.367. The van der Waals surface area contributed by atoms with Crippen LogP contribution in [0.3, 0.4) is 0 Å². The number of amides is 2. The minimum Gasteiger partial charge on any atom is -0.409 e. The van der Waals surface area contributed by atoms with E-state index in [9.17, 15) is 13.6 Å². The fraction of sp³-hybridized carbons (Fsp3) is 0.136. The highest BCUT2D eigenvalue weighted by Gasteiger charge is 2.39. The van der Waals surface area contributed by atoms with Gasteiger partial charge in [-0.1, -0.05) is 23.7 Å². The standard InChI is InChI=1S/C22H15ClF2N4O3/c23-18-10-15(5-4-14(18)8-13-6-7-27-16(9-13)11-26)28-21(30)29-19-2-1-3-20-17(19)12-31-22(24,25)32-20/h1-7,9-10H,8,12H2,(H2,28,29,30). The van der Waals surface area contributed by atoms with Crippen LogP contribution >= 0.6 is 11.6 Å². The molecule has 2 aromatic carbocycles. The van der Waals surface area contributed by atoms with Gasteiger partial charge in [0.2, 0.25) is 0 Å². The van der Waals surface area contributed by atoms with E-state index in [0.29, 0.717) is 28.4 Å². The molecule has 1 aliphatic rings. The van der Waals surface area contributed by atoms with E-state index in [2.05, 4.69) is 25.1 Å². The Bertz CT molecular complexity index is 1230. The fourth-order valence-corrected chi connectivity index (χ4v) is 3.41. The molecule has 0 fully saturated rings. The van der Waals surface area contributed by atoms with Gasteiger partial charge in [0.1, 0.15) is 17.5 Å². The van der Waals surface area contributed by atoms with Crippen LogP contribution in [0.2, 0.25) is 5.02 Å². The number of aromatic nitrogens is 1. The fourth-order valence-electron chi connectivity index (χ4n) is 3.16. The number of pyridine rings is 1. The van der Waals surface area contributed by atoms with Crippen molar-refractivity contribution in [3.63, 3.8) is 0 Å². The van der Waals surface area contributed by atoms with Gasteiger partial charge in [-0.05, 0) is 53.9 Å². The summed E-state index contributed by atoms with van der Waals surface area (Å²) in [5.41, 5.74) is 3.02. The number of anilines is 2. The number of ether oxygens (including phenoxy) is 2. The van der Waals surface area contributed by atoms with E-state index in [-0.39, 0.29) is 11.4 Å². The molecule has 0 unspecified atom stereocenters. The summed E-state index contributed by atoms with van der Waals surface area (Å²) in [6, 6.07) is 14.3. The van der Waals surface area contributed by atoms with Gasteiger partial charge in [0.15, 0.2) is 0 Å². The van der Waals surface area contributed by atoms with Crippen LogP contribution in [0.15, 0.2) is 54.7 Å². The third kappa shape index (κ3) is 4.94. The van der Waals surface area contributed by atoms with Gasteiger partial charge in [0.25, 0.3) is 0 Å². The maximum absolute atomic E-state index is 13.2. The van der Waals surface area contributed by atoms with Crippen LogP contribution in [-0.4, -0.2) is 17.3 Å². The number of urea groups is 1. The summed E-state index contributed by atoms with van der Waals surface area (Å²) in [5, 5.41) is 14.6. The van der Waals surface area contributed by atoms with Crippen LogP contribution in [0.5, 0.6) is 5.75 Å². The van der Waals surface area contributed by atoms with E-state index in [1.807, 2.05) is 6.07 Å². The zero-order valence-electron chi connectivity index (χ0n) is 16.4. The molecular formula is C22H15ClF2N4O3. The average molecular weight is 457 g/mol. The molecule has 162 valence electrons. The quantitative estimate of drug-likeness (QED) is 0.555. The van der Waals surface area contributed by atoms with Crippen LogP contribution in [0.4, 0.5) is 25.0 Å². The van der Waals surface area contributed by atoms with E-state index in [4.69, 9.17) is 16.9 Å². The van der Waals surface area contributed by atoms with Crippen molar-refractivity contribution in [2.24, 2.45) is 0 Å². The Morgan fingerprint density at radius 3 is 2.84 bits per heavy atom. The molecule has 0 radical (unpaired) electrons. The predicted octanol–water partition coefficient (Wildman–Crippen LogP) is 5.30. The first kappa shape index (κ1) is 21.5. The van der Waals surface area contributed by atoms with Crippen LogP contribution in [-0.2, 0) is 17.8 Å². The van der Waals surface area contributed by atoms with Gasteiger partial charge in [-0.2, -0.15) is 5.26 Å². The topological polar surface area (TPSA) is 96.3 Å². The molecule has 0 saturated carbocycles. The first-order valence-electron chi connectivity index (χ1n) is 9.37. The zero-order chi connectivity index (χ0) is 22.7. The smallest absolute Gasteiger partial charge is 0.409 e. The lowest BCUT2D eigenvalue weighted by Gasteiger charge is -2.26. The van der Waals surface area contributed by atoms with Crippen molar-refractivity contribution in [3.05, 3.63) is 82.1 Å². The number of hydrogen-bond donors (Lipinski definition) is 2. The highest BCUT2D eigenvalue weighted by Crippen LogP contribution is 2.37. The second-order valence-corrected chi connectivity index (χ2v) is 7.27.